The number of carbonyl (C=O) groups is 2. The maximum absolute atomic E-state index is 12.5. The summed E-state index contributed by atoms with van der Waals surface area (Å²) in [5, 5.41) is 6.20. The molecule has 0 saturated heterocycles. The number of carbonyl (C=O) groups excluding carboxylic acids is 2. The molecule has 0 spiro atoms. The topological polar surface area (TPSA) is 71.1 Å². The summed E-state index contributed by atoms with van der Waals surface area (Å²) in [7, 11) is 0. The standard InChI is InChI=1S/C22H20ClN3O2/c1-14-5-3-6-16(11-14)13-25-21(27)17-9-10-24-20(12-17)22(28)26-19-8-4-7-18(23)15(19)2/h3-12H,13H2,1-2H3,(H,25,27)(H,26,28). The molecule has 2 aromatic carbocycles. The van der Waals surface area contributed by atoms with Crippen LogP contribution in [0.4, 0.5) is 5.69 Å². The Morgan fingerprint density at radius 1 is 1.00 bits per heavy atom. The quantitative estimate of drug-likeness (QED) is 0.668. The molecule has 1 heterocycles. The van der Waals surface area contributed by atoms with Gasteiger partial charge in [0.15, 0.2) is 0 Å². The van der Waals surface area contributed by atoms with Crippen molar-refractivity contribution in [1.29, 1.82) is 0 Å². The van der Waals surface area contributed by atoms with E-state index in [2.05, 4.69) is 15.6 Å². The molecule has 1 aromatic heterocycles. The number of amides is 2. The number of anilines is 1. The number of aryl methyl sites for hydroxylation is 1. The number of hydrogen-bond donors (Lipinski definition) is 2. The molecule has 28 heavy (non-hydrogen) atoms. The first kappa shape index (κ1) is 19.6. The van der Waals surface area contributed by atoms with Gasteiger partial charge in [0.25, 0.3) is 11.8 Å². The lowest BCUT2D eigenvalue weighted by atomic mass is 10.1. The Morgan fingerprint density at radius 3 is 2.57 bits per heavy atom. The van der Waals surface area contributed by atoms with Crippen LogP contribution in [0, 0.1) is 13.8 Å². The minimum absolute atomic E-state index is 0.155. The van der Waals surface area contributed by atoms with Gasteiger partial charge in [0.1, 0.15) is 5.69 Å². The highest BCUT2D eigenvalue weighted by Crippen LogP contribution is 2.23. The van der Waals surface area contributed by atoms with Crippen molar-refractivity contribution in [2.24, 2.45) is 0 Å². The van der Waals surface area contributed by atoms with Gasteiger partial charge in [0.05, 0.1) is 0 Å². The van der Waals surface area contributed by atoms with E-state index in [0.717, 1.165) is 16.7 Å². The van der Waals surface area contributed by atoms with Crippen molar-refractivity contribution in [2.45, 2.75) is 20.4 Å². The second-order valence-corrected chi connectivity index (χ2v) is 6.88. The summed E-state index contributed by atoms with van der Waals surface area (Å²) in [5.41, 5.74) is 4.04. The van der Waals surface area contributed by atoms with Crippen LogP contribution in [-0.4, -0.2) is 16.8 Å². The molecule has 0 atom stereocenters. The molecule has 0 fully saturated rings. The predicted octanol–water partition coefficient (Wildman–Crippen LogP) is 4.53. The molecule has 5 nitrogen and oxygen atoms in total. The summed E-state index contributed by atoms with van der Waals surface area (Å²) in [6.45, 7) is 4.23. The Hall–Kier alpha value is -3.18. The van der Waals surface area contributed by atoms with Crippen molar-refractivity contribution in [3.63, 3.8) is 0 Å². The van der Waals surface area contributed by atoms with Crippen molar-refractivity contribution in [1.82, 2.24) is 10.3 Å². The average molecular weight is 394 g/mol. The summed E-state index contributed by atoms with van der Waals surface area (Å²) < 4.78 is 0. The first-order chi connectivity index (χ1) is 13.4. The summed E-state index contributed by atoms with van der Waals surface area (Å²) in [5.74, 6) is -0.671. The summed E-state index contributed by atoms with van der Waals surface area (Å²) >= 11 is 6.09. The van der Waals surface area contributed by atoms with Gasteiger partial charge in [-0.1, -0.05) is 47.5 Å². The molecule has 0 bridgehead atoms. The molecule has 0 unspecified atom stereocenters. The third kappa shape index (κ3) is 4.75. The van der Waals surface area contributed by atoms with E-state index in [-0.39, 0.29) is 11.6 Å². The lowest BCUT2D eigenvalue weighted by Gasteiger charge is -2.10. The third-order valence-corrected chi connectivity index (χ3v) is 4.72. The molecule has 3 rings (SSSR count). The Morgan fingerprint density at radius 2 is 1.79 bits per heavy atom. The molecule has 2 N–H and O–H groups in total. The highest BCUT2D eigenvalue weighted by molar-refractivity contribution is 6.31. The number of nitrogens with zero attached hydrogens (tertiary/aromatic N) is 1. The number of hydrogen-bond acceptors (Lipinski definition) is 3. The normalized spacial score (nSPS) is 10.4. The third-order valence-electron chi connectivity index (χ3n) is 4.31. The highest BCUT2D eigenvalue weighted by Gasteiger charge is 2.13. The van der Waals surface area contributed by atoms with Crippen LogP contribution in [0.3, 0.4) is 0 Å². The molecule has 0 saturated carbocycles. The smallest absolute Gasteiger partial charge is 0.274 e. The minimum Gasteiger partial charge on any atom is -0.348 e. The van der Waals surface area contributed by atoms with Gasteiger partial charge in [-0.3, -0.25) is 14.6 Å². The van der Waals surface area contributed by atoms with Gasteiger partial charge in [-0.25, -0.2) is 0 Å². The fourth-order valence-electron chi connectivity index (χ4n) is 2.73. The van der Waals surface area contributed by atoms with Gasteiger partial charge >= 0.3 is 0 Å². The highest BCUT2D eigenvalue weighted by atomic mass is 35.5. The van der Waals surface area contributed by atoms with Crippen molar-refractivity contribution in [2.75, 3.05) is 5.32 Å². The first-order valence-electron chi connectivity index (χ1n) is 8.80. The molecule has 6 heteroatoms. The largest absolute Gasteiger partial charge is 0.348 e. The van der Waals surface area contributed by atoms with E-state index in [0.29, 0.717) is 22.8 Å². The van der Waals surface area contributed by atoms with E-state index < -0.39 is 5.91 Å². The lowest BCUT2D eigenvalue weighted by molar-refractivity contribution is 0.0950. The van der Waals surface area contributed by atoms with E-state index in [1.807, 2.05) is 38.1 Å². The fourth-order valence-corrected chi connectivity index (χ4v) is 2.91. The Bertz CT molecular complexity index is 1030. The van der Waals surface area contributed by atoms with Crippen molar-refractivity contribution in [3.05, 3.63) is 93.8 Å². The van der Waals surface area contributed by atoms with Crippen LogP contribution in [0.25, 0.3) is 0 Å². The average Bonchev–Trinajstić information content (AvgIpc) is 2.70. The van der Waals surface area contributed by atoms with Crippen molar-refractivity contribution < 1.29 is 9.59 Å². The number of pyridine rings is 1. The zero-order valence-corrected chi connectivity index (χ0v) is 16.4. The molecular weight excluding hydrogens is 374 g/mol. The number of aromatic nitrogens is 1. The molecular formula is C22H20ClN3O2. The number of nitrogens with one attached hydrogen (secondary N) is 2. The van der Waals surface area contributed by atoms with Crippen molar-refractivity contribution >= 4 is 29.1 Å². The van der Waals surface area contributed by atoms with Crippen LogP contribution in [0.1, 0.15) is 37.5 Å². The van der Waals surface area contributed by atoms with Gasteiger partial charge in [0, 0.05) is 29.0 Å². The van der Waals surface area contributed by atoms with Gasteiger partial charge < -0.3 is 10.6 Å². The maximum Gasteiger partial charge on any atom is 0.274 e. The van der Waals surface area contributed by atoms with Crippen LogP contribution < -0.4 is 10.6 Å². The number of benzene rings is 2. The first-order valence-corrected chi connectivity index (χ1v) is 9.18. The Balaban J connectivity index is 1.69. The van der Waals surface area contributed by atoms with E-state index >= 15 is 0 Å². The van der Waals surface area contributed by atoms with E-state index in [4.69, 9.17) is 11.6 Å². The molecule has 0 radical (unpaired) electrons. The Kier molecular flexibility index (Phi) is 6.06. The zero-order valence-electron chi connectivity index (χ0n) is 15.6. The molecule has 2 amide bonds. The van der Waals surface area contributed by atoms with Crippen LogP contribution in [-0.2, 0) is 6.54 Å². The minimum atomic E-state index is -0.404. The molecule has 142 valence electrons. The second kappa shape index (κ2) is 8.67. The van der Waals surface area contributed by atoms with Crippen LogP contribution in [0.5, 0.6) is 0 Å². The summed E-state index contributed by atoms with van der Waals surface area (Å²) in [4.78, 5) is 29.0. The number of halogens is 1. The maximum atomic E-state index is 12.5. The van der Waals surface area contributed by atoms with Gasteiger partial charge in [-0.2, -0.15) is 0 Å². The fraction of sp³-hybridized carbons (Fsp3) is 0.136. The van der Waals surface area contributed by atoms with E-state index in [9.17, 15) is 9.59 Å². The molecule has 0 aliphatic carbocycles. The summed E-state index contributed by atoms with van der Waals surface area (Å²) in [6, 6.07) is 16.2. The van der Waals surface area contributed by atoms with Crippen molar-refractivity contribution in [3.8, 4) is 0 Å². The SMILES string of the molecule is Cc1cccc(CNC(=O)c2ccnc(C(=O)Nc3cccc(Cl)c3C)c2)c1. The zero-order chi connectivity index (χ0) is 20.1. The van der Waals surface area contributed by atoms with Crippen LogP contribution in [0.2, 0.25) is 5.02 Å². The molecule has 0 aliphatic rings. The second-order valence-electron chi connectivity index (χ2n) is 6.47. The monoisotopic (exact) mass is 393 g/mol. The van der Waals surface area contributed by atoms with E-state index in [1.54, 1.807) is 24.3 Å². The Labute approximate surface area is 168 Å². The van der Waals surface area contributed by atoms with Gasteiger partial charge in [-0.05, 0) is 49.2 Å². The van der Waals surface area contributed by atoms with Crippen LogP contribution >= 0.6 is 11.6 Å². The number of rotatable bonds is 5. The van der Waals surface area contributed by atoms with Gasteiger partial charge in [-0.15, -0.1) is 0 Å². The van der Waals surface area contributed by atoms with E-state index in [1.165, 1.54) is 12.3 Å². The predicted molar refractivity (Wildman–Crippen MR) is 111 cm³/mol. The molecule has 3 aromatic rings. The molecule has 0 aliphatic heterocycles. The summed E-state index contributed by atoms with van der Waals surface area (Å²) in [6.07, 6.45) is 1.45. The van der Waals surface area contributed by atoms with Crippen LogP contribution in [0.15, 0.2) is 60.8 Å². The van der Waals surface area contributed by atoms with Gasteiger partial charge in [0.2, 0.25) is 0 Å². The lowest BCUT2D eigenvalue weighted by Crippen LogP contribution is -2.23.